The number of aryl methyl sites for hydroxylation is 3. The first kappa shape index (κ1) is 18.1. The Labute approximate surface area is 166 Å². The van der Waals surface area contributed by atoms with Crippen LogP contribution in [0.1, 0.15) is 45.3 Å². The third-order valence-electron chi connectivity index (χ3n) is 4.57. The number of thiazole rings is 1. The Kier molecular flexibility index (Phi) is 5.50. The summed E-state index contributed by atoms with van der Waals surface area (Å²) in [5, 5.41) is 12.6. The fraction of sp³-hybridized carbons (Fsp3) is 0.368. The summed E-state index contributed by atoms with van der Waals surface area (Å²) in [4.78, 5) is 18.5. The molecule has 1 aliphatic rings. The van der Waals surface area contributed by atoms with Crippen LogP contribution < -0.4 is 5.32 Å². The summed E-state index contributed by atoms with van der Waals surface area (Å²) in [6.45, 7) is 0.585. The van der Waals surface area contributed by atoms with Crippen LogP contribution in [0, 0.1) is 0 Å². The molecule has 1 aromatic carbocycles. The fourth-order valence-electron chi connectivity index (χ4n) is 3.17. The number of fused-ring (bicyclic) bond motifs is 1. The lowest BCUT2D eigenvalue weighted by Gasteiger charge is -2.06. The van der Waals surface area contributed by atoms with Crippen LogP contribution in [0.3, 0.4) is 0 Å². The van der Waals surface area contributed by atoms with Gasteiger partial charge in [-0.25, -0.2) is 9.67 Å². The molecular formula is C19H20ClN5OS. The molecule has 27 heavy (non-hydrogen) atoms. The van der Waals surface area contributed by atoms with E-state index in [4.69, 9.17) is 16.6 Å². The summed E-state index contributed by atoms with van der Waals surface area (Å²) in [7, 11) is 0. The van der Waals surface area contributed by atoms with E-state index < -0.39 is 0 Å². The van der Waals surface area contributed by atoms with Crippen LogP contribution in [0.15, 0.2) is 30.5 Å². The first-order valence-corrected chi connectivity index (χ1v) is 10.3. The van der Waals surface area contributed by atoms with Gasteiger partial charge in [0.2, 0.25) is 0 Å². The lowest BCUT2D eigenvalue weighted by molar-refractivity contribution is 0.0948. The number of halogens is 1. The smallest absolute Gasteiger partial charge is 0.273 e. The van der Waals surface area contributed by atoms with Gasteiger partial charge in [0.05, 0.1) is 27.6 Å². The number of para-hydroxylation sites is 1. The lowest BCUT2D eigenvalue weighted by atomic mass is 10.0. The minimum Gasteiger partial charge on any atom is -0.351 e. The van der Waals surface area contributed by atoms with Crippen LogP contribution in [0.5, 0.6) is 0 Å². The summed E-state index contributed by atoms with van der Waals surface area (Å²) in [5.41, 5.74) is 2.26. The van der Waals surface area contributed by atoms with Crippen molar-refractivity contribution in [3.05, 3.63) is 56.8 Å². The van der Waals surface area contributed by atoms with Gasteiger partial charge in [0.25, 0.3) is 5.91 Å². The molecule has 1 amide bonds. The second-order valence-corrected chi connectivity index (χ2v) is 8.12. The molecule has 0 radical (unpaired) electrons. The van der Waals surface area contributed by atoms with Gasteiger partial charge in [0.15, 0.2) is 5.69 Å². The Hall–Kier alpha value is -2.25. The molecule has 1 aliphatic carbocycles. The molecule has 1 N–H and O–H groups in total. The van der Waals surface area contributed by atoms with E-state index in [-0.39, 0.29) is 11.6 Å². The SMILES string of the molecule is O=C(NCCCc1nc2c(s1)CCCC2)c1cn(-c2ccccc2Cl)nn1. The third-order valence-corrected chi connectivity index (χ3v) is 6.11. The van der Waals surface area contributed by atoms with E-state index in [9.17, 15) is 4.79 Å². The average Bonchev–Trinajstić information content (AvgIpc) is 3.32. The van der Waals surface area contributed by atoms with E-state index in [1.807, 2.05) is 29.5 Å². The summed E-state index contributed by atoms with van der Waals surface area (Å²) in [6, 6.07) is 7.30. The topological polar surface area (TPSA) is 72.7 Å². The van der Waals surface area contributed by atoms with Gasteiger partial charge in [0.1, 0.15) is 0 Å². The molecule has 2 heterocycles. The van der Waals surface area contributed by atoms with Gasteiger partial charge in [-0.15, -0.1) is 16.4 Å². The molecule has 0 saturated carbocycles. The molecule has 0 spiro atoms. The van der Waals surface area contributed by atoms with Crippen molar-refractivity contribution in [2.24, 2.45) is 0 Å². The van der Waals surface area contributed by atoms with Crippen LogP contribution in [-0.4, -0.2) is 32.4 Å². The Morgan fingerprint density at radius 3 is 2.96 bits per heavy atom. The normalized spacial score (nSPS) is 13.4. The quantitative estimate of drug-likeness (QED) is 0.640. The Morgan fingerprint density at radius 2 is 2.11 bits per heavy atom. The van der Waals surface area contributed by atoms with E-state index in [0.29, 0.717) is 17.3 Å². The first-order valence-electron chi connectivity index (χ1n) is 9.13. The molecule has 8 heteroatoms. The third kappa shape index (κ3) is 4.20. The number of benzene rings is 1. The molecule has 0 aliphatic heterocycles. The van der Waals surface area contributed by atoms with Crippen LogP contribution in [0.4, 0.5) is 0 Å². The minimum atomic E-state index is -0.230. The molecule has 0 bridgehead atoms. The average molecular weight is 402 g/mol. The van der Waals surface area contributed by atoms with E-state index in [1.54, 1.807) is 12.3 Å². The Bertz CT molecular complexity index is 928. The standard InChI is InChI=1S/C19H20ClN5OS/c20-13-6-1-3-8-16(13)25-12-15(23-24-25)19(26)21-11-5-10-18-22-14-7-2-4-9-17(14)27-18/h1,3,6,8,12H,2,4-5,7,9-11H2,(H,21,26). The molecule has 0 fully saturated rings. The minimum absolute atomic E-state index is 0.230. The van der Waals surface area contributed by atoms with Crippen LogP contribution in [-0.2, 0) is 19.3 Å². The van der Waals surface area contributed by atoms with Crippen molar-refractivity contribution in [3.8, 4) is 5.69 Å². The molecule has 0 unspecified atom stereocenters. The summed E-state index contributed by atoms with van der Waals surface area (Å²) in [6.07, 6.45) is 8.15. The van der Waals surface area contributed by atoms with Gasteiger partial charge in [-0.3, -0.25) is 4.79 Å². The first-order chi connectivity index (χ1) is 13.2. The van der Waals surface area contributed by atoms with Crippen molar-refractivity contribution in [2.45, 2.75) is 38.5 Å². The number of carbonyl (C=O) groups is 1. The van der Waals surface area contributed by atoms with Crippen molar-refractivity contribution in [2.75, 3.05) is 6.54 Å². The predicted molar refractivity (Wildman–Crippen MR) is 106 cm³/mol. The maximum Gasteiger partial charge on any atom is 0.273 e. The van der Waals surface area contributed by atoms with Crippen LogP contribution in [0.25, 0.3) is 5.69 Å². The number of aromatic nitrogens is 4. The van der Waals surface area contributed by atoms with Gasteiger partial charge in [-0.1, -0.05) is 28.9 Å². The van der Waals surface area contributed by atoms with E-state index in [1.165, 1.54) is 39.5 Å². The molecule has 2 aromatic heterocycles. The van der Waals surface area contributed by atoms with Gasteiger partial charge in [-0.05, 0) is 44.2 Å². The van der Waals surface area contributed by atoms with Gasteiger partial charge >= 0.3 is 0 Å². The molecule has 0 saturated heterocycles. The highest BCUT2D eigenvalue weighted by atomic mass is 35.5. The van der Waals surface area contributed by atoms with Crippen LogP contribution in [0.2, 0.25) is 5.02 Å². The molecule has 6 nitrogen and oxygen atoms in total. The zero-order chi connectivity index (χ0) is 18.6. The maximum absolute atomic E-state index is 12.3. The van der Waals surface area contributed by atoms with E-state index in [0.717, 1.165) is 19.3 Å². The van der Waals surface area contributed by atoms with Gasteiger partial charge in [0, 0.05) is 17.8 Å². The highest BCUT2D eigenvalue weighted by Gasteiger charge is 2.15. The second kappa shape index (κ2) is 8.19. The molecular weight excluding hydrogens is 382 g/mol. The zero-order valence-corrected chi connectivity index (χ0v) is 16.4. The highest BCUT2D eigenvalue weighted by Crippen LogP contribution is 2.27. The number of amides is 1. The number of hydrogen-bond donors (Lipinski definition) is 1. The number of rotatable bonds is 6. The fourth-order valence-corrected chi connectivity index (χ4v) is 4.59. The maximum atomic E-state index is 12.3. The molecule has 0 atom stereocenters. The Balaban J connectivity index is 1.28. The Morgan fingerprint density at radius 1 is 1.26 bits per heavy atom. The second-order valence-electron chi connectivity index (χ2n) is 6.54. The van der Waals surface area contributed by atoms with Crippen molar-refractivity contribution >= 4 is 28.8 Å². The number of hydrogen-bond acceptors (Lipinski definition) is 5. The number of carbonyl (C=O) groups excluding carboxylic acids is 1. The van der Waals surface area contributed by atoms with E-state index >= 15 is 0 Å². The molecule has 4 rings (SSSR count). The predicted octanol–water partition coefficient (Wildman–Crippen LogP) is 3.62. The molecule has 3 aromatic rings. The van der Waals surface area contributed by atoms with E-state index in [2.05, 4.69) is 15.6 Å². The van der Waals surface area contributed by atoms with Gasteiger partial charge < -0.3 is 5.32 Å². The summed E-state index contributed by atoms with van der Waals surface area (Å²) < 4.78 is 1.51. The monoisotopic (exact) mass is 401 g/mol. The van der Waals surface area contributed by atoms with Crippen molar-refractivity contribution < 1.29 is 4.79 Å². The van der Waals surface area contributed by atoms with Gasteiger partial charge in [-0.2, -0.15) is 0 Å². The highest BCUT2D eigenvalue weighted by molar-refractivity contribution is 7.11. The van der Waals surface area contributed by atoms with Crippen molar-refractivity contribution in [3.63, 3.8) is 0 Å². The summed E-state index contributed by atoms with van der Waals surface area (Å²) >= 11 is 7.98. The zero-order valence-electron chi connectivity index (χ0n) is 14.8. The molecule has 140 valence electrons. The van der Waals surface area contributed by atoms with Crippen molar-refractivity contribution in [1.82, 2.24) is 25.3 Å². The summed E-state index contributed by atoms with van der Waals surface area (Å²) in [5.74, 6) is -0.230. The largest absolute Gasteiger partial charge is 0.351 e. The van der Waals surface area contributed by atoms with Crippen LogP contribution >= 0.6 is 22.9 Å². The van der Waals surface area contributed by atoms with Crippen molar-refractivity contribution in [1.29, 1.82) is 0 Å². The number of nitrogens with one attached hydrogen (secondary N) is 1. The number of nitrogens with zero attached hydrogens (tertiary/aromatic N) is 4. The lowest BCUT2D eigenvalue weighted by Crippen LogP contribution is -2.25.